The van der Waals surface area contributed by atoms with Gasteiger partial charge in [-0.1, -0.05) is 23.2 Å². The monoisotopic (exact) mass is 467 g/mol. The van der Waals surface area contributed by atoms with Gasteiger partial charge in [-0.2, -0.15) is 0 Å². The number of piperazine rings is 1. The third kappa shape index (κ3) is 6.32. The van der Waals surface area contributed by atoms with Crippen LogP contribution in [0, 0.1) is 5.82 Å². The van der Waals surface area contributed by atoms with Gasteiger partial charge in [0.25, 0.3) is 11.8 Å². The molecule has 0 bridgehead atoms. The Kier molecular flexibility index (Phi) is 7.70. The Morgan fingerprint density at radius 1 is 0.968 bits per heavy atom. The van der Waals surface area contributed by atoms with E-state index in [0.29, 0.717) is 31.2 Å². The molecule has 1 heterocycles. The molecule has 0 aliphatic carbocycles. The third-order valence-corrected chi connectivity index (χ3v) is 5.49. The Bertz CT molecular complexity index is 964. The number of anilines is 1. The number of nitrogens with one attached hydrogen (secondary N) is 1. The average molecular weight is 468 g/mol. The number of ether oxygens (including phenoxy) is 1. The molecule has 0 unspecified atom stereocenters. The van der Waals surface area contributed by atoms with E-state index < -0.39 is 18.5 Å². The normalized spacial score (nSPS) is 13.6. The number of halogens is 3. The molecule has 2 aromatic carbocycles. The van der Waals surface area contributed by atoms with Crippen LogP contribution in [0.15, 0.2) is 42.5 Å². The first-order valence-electron chi connectivity index (χ1n) is 9.50. The highest BCUT2D eigenvalue weighted by molar-refractivity contribution is 6.42. The first-order chi connectivity index (χ1) is 14.8. The fraction of sp³-hybridized carbons (Fsp3) is 0.286. The second-order valence-corrected chi connectivity index (χ2v) is 7.63. The lowest BCUT2D eigenvalue weighted by Gasteiger charge is -2.36. The molecule has 10 heteroatoms. The van der Waals surface area contributed by atoms with Crippen molar-refractivity contribution in [3.63, 3.8) is 0 Å². The zero-order chi connectivity index (χ0) is 22.4. The molecule has 164 valence electrons. The second kappa shape index (κ2) is 10.5. The lowest BCUT2D eigenvalue weighted by atomic mass is 10.2. The van der Waals surface area contributed by atoms with E-state index in [0.717, 1.165) is 5.69 Å². The minimum atomic E-state index is -0.730. The summed E-state index contributed by atoms with van der Waals surface area (Å²) in [6.07, 6.45) is 0. The fourth-order valence-electron chi connectivity index (χ4n) is 3.04. The van der Waals surface area contributed by atoms with E-state index >= 15 is 0 Å². The van der Waals surface area contributed by atoms with Crippen LogP contribution in [0.2, 0.25) is 10.0 Å². The lowest BCUT2D eigenvalue weighted by Crippen LogP contribution is -2.50. The van der Waals surface area contributed by atoms with Crippen molar-refractivity contribution in [2.45, 2.75) is 0 Å². The van der Waals surface area contributed by atoms with E-state index in [2.05, 4.69) is 5.32 Å². The molecule has 0 aromatic heterocycles. The van der Waals surface area contributed by atoms with Crippen molar-refractivity contribution in [1.29, 1.82) is 0 Å². The predicted octanol–water partition coefficient (Wildman–Crippen LogP) is 2.75. The van der Waals surface area contributed by atoms with E-state index in [1.165, 1.54) is 30.3 Å². The van der Waals surface area contributed by atoms with Gasteiger partial charge in [-0.25, -0.2) is 4.39 Å². The Morgan fingerprint density at radius 3 is 2.29 bits per heavy atom. The zero-order valence-corrected chi connectivity index (χ0v) is 18.0. The molecule has 1 fully saturated rings. The minimum Gasteiger partial charge on any atom is -0.454 e. The van der Waals surface area contributed by atoms with Crippen LogP contribution in [-0.4, -0.2) is 62.0 Å². The number of benzene rings is 2. The molecule has 3 rings (SSSR count). The molecule has 1 N–H and O–H groups in total. The smallest absolute Gasteiger partial charge is 0.325 e. The Morgan fingerprint density at radius 2 is 1.65 bits per heavy atom. The lowest BCUT2D eigenvalue weighted by molar-refractivity contribution is -0.151. The van der Waals surface area contributed by atoms with Crippen molar-refractivity contribution < 1.29 is 23.5 Å². The van der Waals surface area contributed by atoms with E-state index in [1.54, 1.807) is 17.0 Å². The van der Waals surface area contributed by atoms with Crippen molar-refractivity contribution in [3.8, 4) is 0 Å². The van der Waals surface area contributed by atoms with Crippen molar-refractivity contribution in [3.05, 3.63) is 63.9 Å². The van der Waals surface area contributed by atoms with E-state index in [1.807, 2.05) is 4.90 Å². The summed E-state index contributed by atoms with van der Waals surface area (Å²) in [6, 6.07) is 10.5. The van der Waals surface area contributed by atoms with Gasteiger partial charge in [0.2, 0.25) is 0 Å². The van der Waals surface area contributed by atoms with Gasteiger partial charge >= 0.3 is 5.97 Å². The number of carbonyl (C=O) groups is 3. The molecule has 31 heavy (non-hydrogen) atoms. The SMILES string of the molecule is O=C(CNC(=O)c1ccc(Cl)c(Cl)c1)OCC(=O)N1CCN(c2ccc(F)cc2)CC1. The summed E-state index contributed by atoms with van der Waals surface area (Å²) < 4.78 is 18.0. The predicted molar refractivity (Wildman–Crippen MR) is 115 cm³/mol. The van der Waals surface area contributed by atoms with Crippen LogP contribution in [0.5, 0.6) is 0 Å². The number of rotatable bonds is 6. The summed E-state index contributed by atoms with van der Waals surface area (Å²) >= 11 is 11.7. The van der Waals surface area contributed by atoms with Crippen LogP contribution in [0.4, 0.5) is 10.1 Å². The Balaban J connectivity index is 1.38. The molecule has 0 atom stereocenters. The summed E-state index contributed by atoms with van der Waals surface area (Å²) in [6.45, 7) is 1.31. The molecule has 1 aliphatic rings. The first-order valence-corrected chi connectivity index (χ1v) is 10.3. The maximum absolute atomic E-state index is 13.0. The summed E-state index contributed by atoms with van der Waals surface area (Å²) in [5, 5.41) is 2.94. The molecule has 1 aliphatic heterocycles. The van der Waals surface area contributed by atoms with Crippen LogP contribution in [0.25, 0.3) is 0 Å². The molecule has 2 aromatic rings. The fourth-order valence-corrected chi connectivity index (χ4v) is 3.34. The number of hydrogen-bond acceptors (Lipinski definition) is 5. The van der Waals surface area contributed by atoms with Crippen molar-refractivity contribution >= 4 is 46.7 Å². The van der Waals surface area contributed by atoms with Crippen LogP contribution in [0.1, 0.15) is 10.4 Å². The zero-order valence-electron chi connectivity index (χ0n) is 16.4. The summed E-state index contributed by atoms with van der Waals surface area (Å²) in [7, 11) is 0. The maximum atomic E-state index is 13.0. The van der Waals surface area contributed by atoms with Crippen molar-refractivity contribution in [1.82, 2.24) is 10.2 Å². The van der Waals surface area contributed by atoms with E-state index in [9.17, 15) is 18.8 Å². The molecule has 7 nitrogen and oxygen atoms in total. The molecule has 2 amide bonds. The number of esters is 1. The van der Waals surface area contributed by atoms with Crippen molar-refractivity contribution in [2.75, 3.05) is 44.2 Å². The number of carbonyl (C=O) groups excluding carboxylic acids is 3. The summed E-state index contributed by atoms with van der Waals surface area (Å²) in [5.74, 6) is -1.86. The van der Waals surface area contributed by atoms with Gasteiger partial charge in [-0.15, -0.1) is 0 Å². The van der Waals surface area contributed by atoms with Gasteiger partial charge in [-0.3, -0.25) is 14.4 Å². The number of amides is 2. The molecular formula is C21H20Cl2FN3O4. The van der Waals surface area contributed by atoms with Crippen LogP contribution in [-0.2, 0) is 14.3 Å². The highest BCUT2D eigenvalue weighted by atomic mass is 35.5. The average Bonchev–Trinajstić information content (AvgIpc) is 2.78. The highest BCUT2D eigenvalue weighted by Crippen LogP contribution is 2.22. The Labute approximate surface area is 188 Å². The van der Waals surface area contributed by atoms with Gasteiger partial charge in [0.15, 0.2) is 6.61 Å². The standard InChI is InChI=1S/C21H20Cl2FN3O4/c22-17-6-1-14(11-18(17)23)21(30)25-12-20(29)31-13-19(28)27-9-7-26(8-10-27)16-4-2-15(24)3-5-16/h1-6,11H,7-10,12-13H2,(H,25,30). The van der Waals surface area contributed by atoms with E-state index in [-0.39, 0.29) is 28.9 Å². The summed E-state index contributed by atoms with van der Waals surface area (Å²) in [4.78, 5) is 39.8. The molecule has 0 radical (unpaired) electrons. The van der Waals surface area contributed by atoms with Crippen LogP contribution >= 0.6 is 23.2 Å². The van der Waals surface area contributed by atoms with Gasteiger partial charge < -0.3 is 19.9 Å². The third-order valence-electron chi connectivity index (χ3n) is 4.76. The van der Waals surface area contributed by atoms with Gasteiger partial charge in [0.1, 0.15) is 12.4 Å². The Hall–Kier alpha value is -2.84. The van der Waals surface area contributed by atoms with E-state index in [4.69, 9.17) is 27.9 Å². The van der Waals surface area contributed by atoms with Gasteiger partial charge in [-0.05, 0) is 42.5 Å². The van der Waals surface area contributed by atoms with Crippen LogP contribution in [0.3, 0.4) is 0 Å². The quantitative estimate of drug-likeness (QED) is 0.660. The van der Waals surface area contributed by atoms with Gasteiger partial charge in [0.05, 0.1) is 10.0 Å². The molecular weight excluding hydrogens is 448 g/mol. The number of nitrogens with zero attached hydrogens (tertiary/aromatic N) is 2. The largest absolute Gasteiger partial charge is 0.454 e. The first kappa shape index (κ1) is 22.8. The van der Waals surface area contributed by atoms with Gasteiger partial charge in [0, 0.05) is 37.4 Å². The maximum Gasteiger partial charge on any atom is 0.325 e. The topological polar surface area (TPSA) is 78.9 Å². The van der Waals surface area contributed by atoms with Crippen molar-refractivity contribution in [2.24, 2.45) is 0 Å². The molecule has 0 spiro atoms. The highest BCUT2D eigenvalue weighted by Gasteiger charge is 2.22. The minimum absolute atomic E-state index is 0.224. The molecule has 1 saturated heterocycles. The summed E-state index contributed by atoms with van der Waals surface area (Å²) in [5.41, 5.74) is 1.13. The van der Waals surface area contributed by atoms with Crippen LogP contribution < -0.4 is 10.2 Å². The molecule has 0 saturated carbocycles. The number of hydrogen-bond donors (Lipinski definition) is 1. The second-order valence-electron chi connectivity index (χ2n) is 6.82.